The van der Waals surface area contributed by atoms with Crippen LogP contribution in [0.4, 0.5) is 0 Å². The van der Waals surface area contributed by atoms with E-state index in [2.05, 4.69) is 4.98 Å². The highest BCUT2D eigenvalue weighted by atomic mass is 35.5. The Morgan fingerprint density at radius 1 is 1.36 bits per heavy atom. The van der Waals surface area contributed by atoms with Gasteiger partial charge in [-0.25, -0.2) is 0 Å². The normalized spacial score (nSPS) is 15.5. The molecule has 2 aromatic rings. The highest BCUT2D eigenvalue weighted by Crippen LogP contribution is 2.36. The van der Waals surface area contributed by atoms with Gasteiger partial charge >= 0.3 is 0 Å². The number of amides is 1. The Bertz CT molecular complexity index is 637. The molecule has 0 aliphatic heterocycles. The monoisotopic (exact) mass is 318 g/mol. The molecule has 0 spiro atoms. The zero-order valence-corrected chi connectivity index (χ0v) is 13.0. The van der Waals surface area contributed by atoms with Gasteiger partial charge in [0.05, 0.1) is 17.7 Å². The number of nitrogens with one attached hydrogen (secondary N) is 1. The van der Waals surface area contributed by atoms with E-state index in [1.165, 1.54) is 0 Å². The molecule has 1 atom stereocenters. The molecule has 0 unspecified atom stereocenters. The zero-order chi connectivity index (χ0) is 15.5. The van der Waals surface area contributed by atoms with Gasteiger partial charge in [0.2, 0.25) is 0 Å². The molecule has 0 saturated heterocycles. The Labute approximate surface area is 134 Å². The van der Waals surface area contributed by atoms with Gasteiger partial charge in [-0.15, -0.1) is 0 Å². The molecule has 2 N–H and O–H groups in total. The van der Waals surface area contributed by atoms with Crippen LogP contribution in [0.5, 0.6) is 0 Å². The third-order valence-corrected chi connectivity index (χ3v) is 4.31. The average molecular weight is 319 g/mol. The fraction of sp³-hybridized carbons (Fsp3) is 0.353. The number of hydrogen-bond donors (Lipinski definition) is 2. The molecule has 4 nitrogen and oxygen atoms in total. The average Bonchev–Trinajstić information content (AvgIpc) is 3.28. The van der Waals surface area contributed by atoms with E-state index in [4.69, 9.17) is 11.6 Å². The second-order valence-electron chi connectivity index (χ2n) is 5.74. The number of H-pyrrole nitrogens is 1. The first kappa shape index (κ1) is 15.1. The van der Waals surface area contributed by atoms with Gasteiger partial charge in [0.1, 0.15) is 5.69 Å². The Balaban J connectivity index is 1.86. The van der Waals surface area contributed by atoms with Gasteiger partial charge in [0.25, 0.3) is 5.91 Å². The van der Waals surface area contributed by atoms with Crippen molar-refractivity contribution in [1.29, 1.82) is 0 Å². The third kappa shape index (κ3) is 3.34. The first-order chi connectivity index (χ1) is 10.7. The largest absolute Gasteiger partial charge is 0.394 e. The molecule has 1 amide bonds. The van der Waals surface area contributed by atoms with Gasteiger partial charge < -0.3 is 15.0 Å². The molecule has 5 heteroatoms. The van der Waals surface area contributed by atoms with E-state index in [-0.39, 0.29) is 18.6 Å². The van der Waals surface area contributed by atoms with Crippen LogP contribution >= 0.6 is 11.6 Å². The van der Waals surface area contributed by atoms with Crippen LogP contribution in [0.1, 0.15) is 28.9 Å². The van der Waals surface area contributed by atoms with Crippen molar-refractivity contribution < 1.29 is 9.90 Å². The third-order valence-electron chi connectivity index (χ3n) is 4.09. The maximum Gasteiger partial charge on any atom is 0.270 e. The SMILES string of the molecule is O=C(c1cc(Cl)c[nH]1)N(Cc1ccccc1)[C@@H](CO)C1CC1. The van der Waals surface area contributed by atoms with E-state index in [0.29, 0.717) is 23.2 Å². The van der Waals surface area contributed by atoms with Crippen molar-refractivity contribution in [1.82, 2.24) is 9.88 Å². The Hall–Kier alpha value is -1.78. The van der Waals surface area contributed by atoms with Crippen LogP contribution in [0, 0.1) is 5.92 Å². The molecule has 1 saturated carbocycles. The topological polar surface area (TPSA) is 56.3 Å². The fourth-order valence-corrected chi connectivity index (χ4v) is 2.91. The number of aromatic nitrogens is 1. The summed E-state index contributed by atoms with van der Waals surface area (Å²) in [5.74, 6) is 0.268. The Morgan fingerprint density at radius 3 is 2.64 bits per heavy atom. The van der Waals surface area contributed by atoms with E-state index in [1.54, 1.807) is 17.2 Å². The maximum absolute atomic E-state index is 12.8. The summed E-state index contributed by atoms with van der Waals surface area (Å²) >= 11 is 5.91. The van der Waals surface area contributed by atoms with Crippen LogP contribution in [0.3, 0.4) is 0 Å². The van der Waals surface area contributed by atoms with Crippen LogP contribution in [-0.2, 0) is 6.54 Å². The second kappa shape index (κ2) is 6.55. The standard InChI is InChI=1S/C17H19ClN2O2/c18-14-8-15(19-9-14)17(22)20(16(11-21)13-6-7-13)10-12-4-2-1-3-5-12/h1-5,8-9,13,16,19,21H,6-7,10-11H2/t16-/m0/s1. The van der Waals surface area contributed by atoms with Gasteiger partial charge in [-0.05, 0) is 30.4 Å². The number of benzene rings is 1. The highest BCUT2D eigenvalue weighted by molar-refractivity contribution is 6.30. The number of rotatable bonds is 6. The van der Waals surface area contributed by atoms with E-state index < -0.39 is 0 Å². The van der Waals surface area contributed by atoms with Crippen molar-refractivity contribution >= 4 is 17.5 Å². The number of carbonyl (C=O) groups is 1. The van der Waals surface area contributed by atoms with Crippen LogP contribution in [-0.4, -0.2) is 33.5 Å². The second-order valence-corrected chi connectivity index (χ2v) is 6.17. The van der Waals surface area contributed by atoms with Gasteiger partial charge in [0.15, 0.2) is 0 Å². The first-order valence-corrected chi connectivity index (χ1v) is 7.86. The van der Waals surface area contributed by atoms with Crippen molar-refractivity contribution in [2.24, 2.45) is 5.92 Å². The first-order valence-electron chi connectivity index (χ1n) is 7.48. The summed E-state index contributed by atoms with van der Waals surface area (Å²) in [5.41, 5.74) is 1.51. The van der Waals surface area contributed by atoms with Crippen LogP contribution in [0.2, 0.25) is 5.02 Å². The van der Waals surface area contributed by atoms with Crippen LogP contribution in [0.15, 0.2) is 42.6 Å². The molecule has 0 radical (unpaired) electrons. The Morgan fingerprint density at radius 2 is 2.09 bits per heavy atom. The number of hydrogen-bond acceptors (Lipinski definition) is 2. The van der Waals surface area contributed by atoms with Crippen LogP contribution < -0.4 is 0 Å². The number of halogens is 1. The smallest absolute Gasteiger partial charge is 0.270 e. The lowest BCUT2D eigenvalue weighted by molar-refractivity contribution is 0.0526. The lowest BCUT2D eigenvalue weighted by Crippen LogP contribution is -2.43. The molecule has 1 fully saturated rings. The molecule has 1 aromatic heterocycles. The number of carbonyl (C=O) groups excluding carboxylic acids is 1. The van der Waals surface area contributed by atoms with Crippen molar-refractivity contribution in [3.8, 4) is 0 Å². The van der Waals surface area contributed by atoms with Gasteiger partial charge in [-0.2, -0.15) is 0 Å². The zero-order valence-electron chi connectivity index (χ0n) is 12.2. The van der Waals surface area contributed by atoms with E-state index in [9.17, 15) is 9.90 Å². The lowest BCUT2D eigenvalue weighted by atomic mass is 10.1. The number of aliphatic hydroxyl groups excluding tert-OH is 1. The summed E-state index contributed by atoms with van der Waals surface area (Å²) in [7, 11) is 0. The number of aromatic amines is 1. The van der Waals surface area contributed by atoms with Crippen molar-refractivity contribution in [2.75, 3.05) is 6.61 Å². The molecule has 116 valence electrons. The molecule has 22 heavy (non-hydrogen) atoms. The van der Waals surface area contributed by atoms with Crippen molar-refractivity contribution in [3.05, 3.63) is 58.9 Å². The number of aliphatic hydroxyl groups is 1. The molecule has 1 aliphatic carbocycles. The predicted molar refractivity (Wildman–Crippen MR) is 85.7 cm³/mol. The highest BCUT2D eigenvalue weighted by Gasteiger charge is 2.37. The summed E-state index contributed by atoms with van der Waals surface area (Å²) in [6.45, 7) is 0.468. The van der Waals surface area contributed by atoms with E-state index >= 15 is 0 Å². The summed E-state index contributed by atoms with van der Waals surface area (Å²) in [6, 6.07) is 11.3. The molecule has 3 rings (SSSR count). The molecule has 0 bridgehead atoms. The van der Waals surface area contributed by atoms with Gasteiger partial charge in [-0.1, -0.05) is 41.9 Å². The summed E-state index contributed by atoms with van der Waals surface area (Å²) in [5, 5.41) is 10.3. The van der Waals surface area contributed by atoms with Crippen molar-refractivity contribution in [2.45, 2.75) is 25.4 Å². The lowest BCUT2D eigenvalue weighted by Gasteiger charge is -2.30. The quantitative estimate of drug-likeness (QED) is 0.860. The predicted octanol–water partition coefficient (Wildman–Crippen LogP) is 3.08. The maximum atomic E-state index is 12.8. The summed E-state index contributed by atoms with van der Waals surface area (Å²) < 4.78 is 0. The van der Waals surface area contributed by atoms with Crippen LogP contribution in [0.25, 0.3) is 0 Å². The fourth-order valence-electron chi connectivity index (χ4n) is 2.75. The minimum atomic E-state index is -0.144. The van der Waals surface area contributed by atoms with Gasteiger partial charge in [0, 0.05) is 12.7 Å². The molecule has 1 aromatic carbocycles. The molecule has 1 aliphatic rings. The van der Waals surface area contributed by atoms with Crippen molar-refractivity contribution in [3.63, 3.8) is 0 Å². The molecule has 1 heterocycles. The summed E-state index contributed by atoms with van der Waals surface area (Å²) in [4.78, 5) is 17.5. The van der Waals surface area contributed by atoms with E-state index in [1.807, 2.05) is 30.3 Å². The molecular formula is C17H19ClN2O2. The molecular weight excluding hydrogens is 300 g/mol. The summed E-state index contributed by atoms with van der Waals surface area (Å²) in [6.07, 6.45) is 3.73. The van der Waals surface area contributed by atoms with E-state index in [0.717, 1.165) is 18.4 Å². The number of nitrogens with zero attached hydrogens (tertiary/aromatic N) is 1. The minimum absolute atomic E-state index is 0.0162. The minimum Gasteiger partial charge on any atom is -0.394 e. The Kier molecular flexibility index (Phi) is 4.50. The van der Waals surface area contributed by atoms with Gasteiger partial charge in [-0.3, -0.25) is 4.79 Å².